The first kappa shape index (κ1) is 13.4. The number of ether oxygens (including phenoxy) is 1. The number of aliphatic carboxylic acids is 1. The lowest BCUT2D eigenvalue weighted by atomic mass is 10.2. The van der Waals surface area contributed by atoms with Gasteiger partial charge in [0.15, 0.2) is 0 Å². The van der Waals surface area contributed by atoms with E-state index < -0.39 is 18.0 Å². The maximum absolute atomic E-state index is 11.2. The van der Waals surface area contributed by atoms with Gasteiger partial charge in [0, 0.05) is 12.6 Å². The fraction of sp³-hybridized carbons (Fsp3) is 0.273. The Labute approximate surface area is 103 Å². The average Bonchev–Trinajstić information content (AvgIpc) is 2.37. The number of hydrogen-bond acceptors (Lipinski definition) is 6. The van der Waals surface area contributed by atoms with Crippen LogP contribution < -0.4 is 5.32 Å². The van der Waals surface area contributed by atoms with Crippen molar-refractivity contribution < 1.29 is 19.4 Å². The van der Waals surface area contributed by atoms with Crippen LogP contribution in [0.15, 0.2) is 12.3 Å². The molecule has 0 aliphatic heterocycles. The summed E-state index contributed by atoms with van der Waals surface area (Å²) in [6, 6.07) is 0.453. The molecule has 1 aromatic heterocycles. The van der Waals surface area contributed by atoms with Crippen LogP contribution in [0.5, 0.6) is 0 Å². The molecule has 7 nitrogen and oxygen atoms in total. The zero-order valence-corrected chi connectivity index (χ0v) is 9.58. The molecule has 0 fully saturated rings. The Bertz CT molecular complexity index is 495. The van der Waals surface area contributed by atoms with E-state index in [0.717, 1.165) is 0 Å². The number of carboxylic acid groups (broad SMARTS) is 1. The highest BCUT2D eigenvalue weighted by Gasteiger charge is 2.17. The van der Waals surface area contributed by atoms with Crippen molar-refractivity contribution in [2.75, 3.05) is 12.4 Å². The van der Waals surface area contributed by atoms with Crippen molar-refractivity contribution in [3.8, 4) is 12.3 Å². The molecule has 0 radical (unpaired) electrons. The molecule has 1 unspecified atom stereocenters. The summed E-state index contributed by atoms with van der Waals surface area (Å²) in [5, 5.41) is 11.5. The zero-order chi connectivity index (χ0) is 13.5. The predicted octanol–water partition coefficient (Wildman–Crippen LogP) is 0.152. The molecule has 18 heavy (non-hydrogen) atoms. The number of aromatic nitrogens is 2. The fourth-order valence-corrected chi connectivity index (χ4v) is 1.13. The second-order valence-electron chi connectivity index (χ2n) is 3.20. The predicted molar refractivity (Wildman–Crippen MR) is 61.9 cm³/mol. The van der Waals surface area contributed by atoms with Crippen LogP contribution in [0.25, 0.3) is 0 Å². The molecular formula is C11H11N3O4. The van der Waals surface area contributed by atoms with Gasteiger partial charge in [-0.15, -0.1) is 12.3 Å². The van der Waals surface area contributed by atoms with Gasteiger partial charge in [-0.25, -0.2) is 19.6 Å². The Morgan fingerprint density at radius 1 is 1.67 bits per heavy atom. The molecule has 0 saturated carbocycles. The first-order chi connectivity index (χ1) is 8.58. The molecule has 0 bridgehead atoms. The summed E-state index contributed by atoms with van der Waals surface area (Å²) >= 11 is 0. The average molecular weight is 249 g/mol. The first-order valence-corrected chi connectivity index (χ1v) is 4.92. The minimum absolute atomic E-state index is 0.00705. The van der Waals surface area contributed by atoms with E-state index in [4.69, 9.17) is 11.5 Å². The summed E-state index contributed by atoms with van der Waals surface area (Å²) in [5.74, 6) is 0.456. The van der Waals surface area contributed by atoms with E-state index in [2.05, 4.69) is 25.9 Å². The number of carboxylic acids is 1. The number of esters is 1. The number of carbonyl (C=O) groups excluding carboxylic acids is 1. The summed E-state index contributed by atoms with van der Waals surface area (Å²) in [6.07, 6.45) is 6.37. The SMILES string of the molecule is C#CCC(Nc1ccnc(C(=O)OC)n1)C(=O)O. The largest absolute Gasteiger partial charge is 0.480 e. The van der Waals surface area contributed by atoms with E-state index in [1.54, 1.807) is 0 Å². The van der Waals surface area contributed by atoms with Gasteiger partial charge in [-0.05, 0) is 6.07 Å². The number of anilines is 1. The molecule has 1 rings (SSSR count). The summed E-state index contributed by atoms with van der Waals surface area (Å²) < 4.78 is 4.45. The molecule has 0 amide bonds. The molecule has 1 aromatic rings. The van der Waals surface area contributed by atoms with E-state index in [1.165, 1.54) is 19.4 Å². The van der Waals surface area contributed by atoms with Gasteiger partial charge < -0.3 is 15.2 Å². The van der Waals surface area contributed by atoms with E-state index in [0.29, 0.717) is 0 Å². The second-order valence-corrected chi connectivity index (χ2v) is 3.20. The molecular weight excluding hydrogens is 238 g/mol. The molecule has 1 heterocycles. The maximum Gasteiger partial charge on any atom is 0.376 e. The molecule has 7 heteroatoms. The Morgan fingerprint density at radius 3 is 2.94 bits per heavy atom. The summed E-state index contributed by atoms with van der Waals surface area (Å²) in [4.78, 5) is 29.6. The Hall–Kier alpha value is -2.62. The van der Waals surface area contributed by atoms with Crippen molar-refractivity contribution in [2.45, 2.75) is 12.5 Å². The number of carbonyl (C=O) groups is 2. The number of nitrogens with one attached hydrogen (secondary N) is 1. The summed E-state index contributed by atoms with van der Waals surface area (Å²) in [5.41, 5.74) is 0. The molecule has 0 saturated heterocycles. The number of methoxy groups -OCH3 is 1. The van der Waals surface area contributed by atoms with Crippen LogP contribution in [-0.4, -0.2) is 40.2 Å². The zero-order valence-electron chi connectivity index (χ0n) is 9.58. The summed E-state index contributed by atoms with van der Waals surface area (Å²) in [6.45, 7) is 0. The highest BCUT2D eigenvalue weighted by Crippen LogP contribution is 2.07. The van der Waals surface area contributed by atoms with Crippen molar-refractivity contribution >= 4 is 17.8 Å². The van der Waals surface area contributed by atoms with Crippen LogP contribution in [0.2, 0.25) is 0 Å². The molecule has 0 aliphatic rings. The number of rotatable bonds is 5. The number of nitrogens with zero attached hydrogens (tertiary/aromatic N) is 2. The van der Waals surface area contributed by atoms with E-state index in [1.807, 2.05) is 0 Å². The van der Waals surface area contributed by atoms with Gasteiger partial charge >= 0.3 is 11.9 Å². The first-order valence-electron chi connectivity index (χ1n) is 4.92. The Balaban J connectivity index is 2.87. The molecule has 0 aliphatic carbocycles. The van der Waals surface area contributed by atoms with Crippen LogP contribution >= 0.6 is 0 Å². The molecule has 0 aromatic carbocycles. The fourth-order valence-electron chi connectivity index (χ4n) is 1.13. The quantitative estimate of drug-likeness (QED) is 0.565. The lowest BCUT2D eigenvalue weighted by Crippen LogP contribution is -2.29. The van der Waals surface area contributed by atoms with Crippen molar-refractivity contribution in [2.24, 2.45) is 0 Å². The van der Waals surface area contributed by atoms with Crippen LogP contribution in [0.4, 0.5) is 5.82 Å². The van der Waals surface area contributed by atoms with Crippen molar-refractivity contribution in [3.05, 3.63) is 18.1 Å². The van der Waals surface area contributed by atoms with Crippen molar-refractivity contribution in [3.63, 3.8) is 0 Å². The molecule has 94 valence electrons. The lowest BCUT2D eigenvalue weighted by Gasteiger charge is -2.12. The van der Waals surface area contributed by atoms with Crippen LogP contribution in [-0.2, 0) is 9.53 Å². The monoisotopic (exact) mass is 249 g/mol. The van der Waals surface area contributed by atoms with E-state index in [-0.39, 0.29) is 18.1 Å². The van der Waals surface area contributed by atoms with Gasteiger partial charge in [0.05, 0.1) is 7.11 Å². The third kappa shape index (κ3) is 3.45. The van der Waals surface area contributed by atoms with Crippen LogP contribution in [0.1, 0.15) is 17.0 Å². The van der Waals surface area contributed by atoms with Gasteiger partial charge in [0.25, 0.3) is 0 Å². The molecule has 2 N–H and O–H groups in total. The smallest absolute Gasteiger partial charge is 0.376 e. The van der Waals surface area contributed by atoms with Crippen LogP contribution in [0, 0.1) is 12.3 Å². The summed E-state index contributed by atoms with van der Waals surface area (Å²) in [7, 11) is 1.20. The Morgan fingerprint density at radius 2 is 2.39 bits per heavy atom. The normalized spacial score (nSPS) is 11.1. The third-order valence-corrected chi connectivity index (χ3v) is 1.97. The van der Waals surface area contributed by atoms with Gasteiger partial charge in [0.1, 0.15) is 11.9 Å². The third-order valence-electron chi connectivity index (χ3n) is 1.97. The highest BCUT2D eigenvalue weighted by atomic mass is 16.5. The van der Waals surface area contributed by atoms with E-state index >= 15 is 0 Å². The van der Waals surface area contributed by atoms with Crippen LogP contribution in [0.3, 0.4) is 0 Å². The number of terminal acetylenes is 1. The lowest BCUT2D eigenvalue weighted by molar-refractivity contribution is -0.137. The van der Waals surface area contributed by atoms with Crippen molar-refractivity contribution in [1.82, 2.24) is 9.97 Å². The standard InChI is InChI=1S/C11H11N3O4/c1-3-4-7(10(15)16)13-8-5-6-12-9(14-8)11(17)18-2/h1,5-7H,4H2,2H3,(H,15,16)(H,12,13,14). The molecule has 1 atom stereocenters. The van der Waals surface area contributed by atoms with E-state index in [9.17, 15) is 9.59 Å². The maximum atomic E-state index is 11.2. The van der Waals surface area contributed by atoms with Gasteiger partial charge in [-0.1, -0.05) is 0 Å². The minimum atomic E-state index is -1.11. The Kier molecular flexibility index (Phi) is 4.63. The topological polar surface area (TPSA) is 101 Å². The van der Waals surface area contributed by atoms with Gasteiger partial charge in [0.2, 0.25) is 5.82 Å². The van der Waals surface area contributed by atoms with Crippen molar-refractivity contribution in [1.29, 1.82) is 0 Å². The highest BCUT2D eigenvalue weighted by molar-refractivity contribution is 5.85. The second kappa shape index (κ2) is 6.20. The minimum Gasteiger partial charge on any atom is -0.480 e. The van der Waals surface area contributed by atoms with Gasteiger partial charge in [-0.2, -0.15) is 0 Å². The molecule has 0 spiro atoms. The van der Waals surface area contributed by atoms with Gasteiger partial charge in [-0.3, -0.25) is 0 Å². The number of hydrogen-bond donors (Lipinski definition) is 2.